The van der Waals surface area contributed by atoms with E-state index in [0.717, 1.165) is 0 Å². The largest absolute Gasteiger partial charge is 0.461 e. The number of carbonyl (C=O) groups is 1. The number of hydrogen-bond acceptors (Lipinski definition) is 4. The maximum Gasteiger partial charge on any atom is 0.313 e. The second-order valence-electron chi connectivity index (χ2n) is 6.43. The van der Waals surface area contributed by atoms with E-state index in [1.54, 1.807) is 0 Å². The number of carbonyl (C=O) groups excluding carboxylic acids is 1. The lowest BCUT2D eigenvalue weighted by Crippen LogP contribution is -2.50. The number of H-pyrrole nitrogens is 2. The first-order valence-electron chi connectivity index (χ1n) is 7.90. The molecule has 0 radical (unpaired) electrons. The molecule has 0 saturated heterocycles. The third-order valence-electron chi connectivity index (χ3n) is 4.57. The maximum absolute atomic E-state index is 13.3. The molecule has 7 heteroatoms. The van der Waals surface area contributed by atoms with Crippen LogP contribution in [0.4, 0.5) is 4.39 Å². The van der Waals surface area contributed by atoms with Crippen LogP contribution < -0.4 is 5.56 Å². The van der Waals surface area contributed by atoms with E-state index in [0.29, 0.717) is 16.8 Å². The summed E-state index contributed by atoms with van der Waals surface area (Å²) in [7, 11) is 0. The number of halogens is 1. The summed E-state index contributed by atoms with van der Waals surface area (Å²) in [5.74, 6) is -2.83. The minimum Gasteiger partial charge on any atom is -0.461 e. The Kier molecular flexibility index (Phi) is 4.34. The van der Waals surface area contributed by atoms with Crippen LogP contribution in [-0.2, 0) is 16.0 Å². The first-order valence-corrected chi connectivity index (χ1v) is 7.90. The van der Waals surface area contributed by atoms with Crippen molar-refractivity contribution in [3.63, 3.8) is 0 Å². The van der Waals surface area contributed by atoms with Crippen LogP contribution in [0.1, 0.15) is 29.7 Å². The van der Waals surface area contributed by atoms with Crippen molar-refractivity contribution in [3.05, 3.63) is 69.9 Å². The van der Waals surface area contributed by atoms with Gasteiger partial charge < -0.3 is 14.9 Å². The monoisotopic (exact) mass is 346 g/mol. The molecule has 132 valence electrons. The molecule has 3 atom stereocenters. The molecule has 0 spiro atoms. The Morgan fingerprint density at radius 1 is 1.44 bits per heavy atom. The van der Waals surface area contributed by atoms with E-state index in [2.05, 4.69) is 16.8 Å². The van der Waals surface area contributed by atoms with Crippen molar-refractivity contribution in [1.29, 1.82) is 0 Å². The quantitative estimate of drug-likeness (QED) is 0.579. The van der Waals surface area contributed by atoms with Crippen LogP contribution >= 0.6 is 0 Å². The number of benzene rings is 1. The number of hydrogen-bond donors (Lipinski definition) is 3. The molecule has 0 bridgehead atoms. The summed E-state index contributed by atoms with van der Waals surface area (Å²) < 4.78 is 18.5. The Hall–Kier alpha value is -2.67. The van der Waals surface area contributed by atoms with E-state index in [4.69, 9.17) is 4.74 Å². The summed E-state index contributed by atoms with van der Waals surface area (Å²) in [4.78, 5) is 24.9. The van der Waals surface area contributed by atoms with Gasteiger partial charge in [0.05, 0.1) is 11.5 Å². The van der Waals surface area contributed by atoms with Gasteiger partial charge in [0.2, 0.25) is 0 Å². The highest BCUT2D eigenvalue weighted by Crippen LogP contribution is 2.44. The first-order chi connectivity index (χ1) is 11.8. The third-order valence-corrected chi connectivity index (χ3v) is 4.57. The molecule has 1 heterocycles. The molecule has 25 heavy (non-hydrogen) atoms. The molecule has 0 fully saturated rings. The molecule has 1 aromatic heterocycles. The molecule has 0 saturated carbocycles. The van der Waals surface area contributed by atoms with Crippen LogP contribution in [0.5, 0.6) is 0 Å². The van der Waals surface area contributed by atoms with E-state index < -0.39 is 29.2 Å². The SMILES string of the molecule is C=CCOC(=O)[C@@H]1[C@@H](c2ccc(F)cc2)c2c([nH][nH]c2=O)C[C@]1(C)O. The molecule has 0 aliphatic heterocycles. The molecule has 0 unspecified atom stereocenters. The highest BCUT2D eigenvalue weighted by atomic mass is 19.1. The second-order valence-corrected chi connectivity index (χ2v) is 6.43. The summed E-state index contributed by atoms with van der Waals surface area (Å²) in [5.41, 5.74) is -0.388. The van der Waals surface area contributed by atoms with Crippen molar-refractivity contribution in [1.82, 2.24) is 10.2 Å². The minimum absolute atomic E-state index is 0.00208. The zero-order valence-electron chi connectivity index (χ0n) is 13.7. The molecule has 1 aliphatic rings. The smallest absolute Gasteiger partial charge is 0.313 e. The minimum atomic E-state index is -1.45. The summed E-state index contributed by atoms with van der Waals surface area (Å²) in [5, 5.41) is 16.2. The lowest BCUT2D eigenvalue weighted by atomic mass is 9.66. The van der Waals surface area contributed by atoms with Crippen molar-refractivity contribution < 1.29 is 19.0 Å². The summed E-state index contributed by atoms with van der Waals surface area (Å²) in [6, 6.07) is 5.52. The molecule has 1 aliphatic carbocycles. The van der Waals surface area contributed by atoms with E-state index in [9.17, 15) is 19.1 Å². The molecular weight excluding hydrogens is 327 g/mol. The molecule has 6 nitrogen and oxygen atoms in total. The molecule has 0 amide bonds. The Bertz CT molecular complexity index is 851. The van der Waals surface area contributed by atoms with Crippen LogP contribution in [0.3, 0.4) is 0 Å². The molecule has 2 aromatic rings. The van der Waals surface area contributed by atoms with Gasteiger partial charge in [-0.05, 0) is 24.6 Å². The van der Waals surface area contributed by atoms with Gasteiger partial charge in [-0.2, -0.15) is 0 Å². The summed E-state index contributed by atoms with van der Waals surface area (Å²) in [6.07, 6.45) is 1.52. The highest BCUT2D eigenvalue weighted by Gasteiger charge is 2.51. The third kappa shape index (κ3) is 3.02. The molecular formula is C18H19FN2O4. The van der Waals surface area contributed by atoms with Crippen molar-refractivity contribution >= 4 is 5.97 Å². The standard InChI is InChI=1S/C18H19FN2O4/c1-3-8-25-17(23)15-13(10-4-6-11(19)7-5-10)14-12(9-18(15,2)24)20-21-16(14)22/h3-7,13,15,24H,1,8-9H2,2H3,(H2,20,21,22)/t13-,15-,18-/m0/s1. The van der Waals surface area contributed by atoms with Crippen LogP contribution in [0, 0.1) is 11.7 Å². The number of aromatic amines is 2. The number of aliphatic hydroxyl groups is 1. The zero-order chi connectivity index (χ0) is 18.2. The van der Waals surface area contributed by atoms with E-state index in [-0.39, 0.29) is 18.6 Å². The van der Waals surface area contributed by atoms with E-state index in [1.165, 1.54) is 37.3 Å². The lowest BCUT2D eigenvalue weighted by Gasteiger charge is -2.40. The molecule has 3 N–H and O–H groups in total. The van der Waals surface area contributed by atoms with Crippen molar-refractivity contribution in [2.75, 3.05) is 6.61 Å². The van der Waals surface area contributed by atoms with Crippen LogP contribution in [0.15, 0.2) is 41.7 Å². The number of rotatable bonds is 4. The second kappa shape index (κ2) is 6.33. The van der Waals surface area contributed by atoms with Crippen molar-refractivity contribution in [2.45, 2.75) is 24.9 Å². The van der Waals surface area contributed by atoms with Gasteiger partial charge in [0.1, 0.15) is 12.4 Å². The van der Waals surface area contributed by atoms with Gasteiger partial charge in [-0.25, -0.2) is 4.39 Å². The Balaban J connectivity index is 2.16. The number of fused-ring (bicyclic) bond motifs is 1. The van der Waals surface area contributed by atoms with Crippen LogP contribution in [0.25, 0.3) is 0 Å². The van der Waals surface area contributed by atoms with E-state index >= 15 is 0 Å². The predicted octanol–water partition coefficient (Wildman–Crippen LogP) is 1.63. The van der Waals surface area contributed by atoms with Gasteiger partial charge in [0.25, 0.3) is 5.56 Å². The maximum atomic E-state index is 13.3. The zero-order valence-corrected chi connectivity index (χ0v) is 13.7. The Morgan fingerprint density at radius 3 is 2.76 bits per heavy atom. The normalized spacial score (nSPS) is 25.2. The highest BCUT2D eigenvalue weighted by molar-refractivity contribution is 5.77. The van der Waals surface area contributed by atoms with Crippen LogP contribution in [0.2, 0.25) is 0 Å². The fourth-order valence-electron chi connectivity index (χ4n) is 3.52. The van der Waals surface area contributed by atoms with Gasteiger partial charge >= 0.3 is 5.97 Å². The fourth-order valence-corrected chi connectivity index (χ4v) is 3.52. The molecule has 3 rings (SSSR count). The van der Waals surface area contributed by atoms with Gasteiger partial charge in [0, 0.05) is 23.6 Å². The number of nitrogens with one attached hydrogen (secondary N) is 2. The predicted molar refractivity (Wildman–Crippen MR) is 88.6 cm³/mol. The Morgan fingerprint density at radius 2 is 2.12 bits per heavy atom. The van der Waals surface area contributed by atoms with E-state index in [1.807, 2.05) is 0 Å². The summed E-state index contributed by atoms with van der Waals surface area (Å²) in [6.45, 7) is 5.02. The average molecular weight is 346 g/mol. The van der Waals surface area contributed by atoms with Crippen LogP contribution in [-0.4, -0.2) is 33.5 Å². The van der Waals surface area contributed by atoms with Crippen molar-refractivity contribution in [3.8, 4) is 0 Å². The van der Waals surface area contributed by atoms with Gasteiger partial charge in [-0.3, -0.25) is 14.7 Å². The number of aromatic nitrogens is 2. The fraction of sp³-hybridized carbons (Fsp3) is 0.333. The van der Waals surface area contributed by atoms with Gasteiger partial charge in [0.15, 0.2) is 0 Å². The first kappa shape index (κ1) is 17.2. The molecule has 1 aromatic carbocycles. The average Bonchev–Trinajstić information content (AvgIpc) is 2.91. The lowest BCUT2D eigenvalue weighted by molar-refractivity contribution is -0.158. The van der Waals surface area contributed by atoms with Gasteiger partial charge in [-0.1, -0.05) is 24.8 Å². The Labute approximate surface area is 143 Å². The van der Waals surface area contributed by atoms with Crippen molar-refractivity contribution in [2.24, 2.45) is 5.92 Å². The van der Waals surface area contributed by atoms with Gasteiger partial charge in [-0.15, -0.1) is 0 Å². The number of ether oxygens (including phenoxy) is 1. The number of esters is 1. The topological polar surface area (TPSA) is 95.2 Å². The summed E-state index contributed by atoms with van der Waals surface area (Å²) >= 11 is 0.